The third kappa shape index (κ3) is 44.0. The van der Waals surface area contributed by atoms with Crippen LogP contribution in [0.1, 0.15) is 277 Å². The van der Waals surface area contributed by atoms with E-state index < -0.39 is 12.1 Å². The Hall–Kier alpha value is -1.40. The van der Waals surface area contributed by atoms with Crippen LogP contribution in [0.25, 0.3) is 0 Å². The molecule has 0 fully saturated rings. The fourth-order valence-corrected chi connectivity index (χ4v) is 7.87. The van der Waals surface area contributed by atoms with Crippen molar-refractivity contribution in [3.8, 4) is 0 Å². The van der Waals surface area contributed by atoms with Crippen molar-refractivity contribution in [2.24, 2.45) is 0 Å². The molecule has 0 rings (SSSR count). The average Bonchev–Trinajstić information content (AvgIpc) is 3.21. The summed E-state index contributed by atoms with van der Waals surface area (Å²) in [6.07, 6.45) is 53.2. The lowest BCUT2D eigenvalue weighted by molar-refractivity contribution is -0.143. The van der Waals surface area contributed by atoms with E-state index in [1.54, 1.807) is 0 Å². The van der Waals surface area contributed by atoms with Crippen molar-refractivity contribution in [2.75, 3.05) is 13.2 Å². The predicted molar refractivity (Wildman–Crippen MR) is 246 cm³/mol. The number of allylic oxidation sites excluding steroid dienone is 2. The molecule has 0 aromatic rings. The van der Waals surface area contributed by atoms with Crippen molar-refractivity contribution in [3.05, 3.63) is 12.2 Å². The molecular weight excluding hydrogens is 707 g/mol. The number of ether oxygens (including phenoxy) is 1. The number of unbranched alkanes of at least 4 members (excludes halogenated alkanes) is 34. The van der Waals surface area contributed by atoms with Crippen LogP contribution in [-0.2, 0) is 14.3 Å². The van der Waals surface area contributed by atoms with Gasteiger partial charge in [0.05, 0.1) is 25.4 Å². The molecular formula is C51H99NO5. The van der Waals surface area contributed by atoms with E-state index in [1.165, 1.54) is 167 Å². The van der Waals surface area contributed by atoms with Crippen LogP contribution in [-0.4, -0.2) is 47.4 Å². The van der Waals surface area contributed by atoms with Crippen molar-refractivity contribution < 1.29 is 24.5 Å². The van der Waals surface area contributed by atoms with Crippen LogP contribution in [0.15, 0.2) is 12.2 Å². The lowest BCUT2D eigenvalue weighted by Gasteiger charge is -2.22. The number of esters is 1. The molecule has 0 aliphatic heterocycles. The van der Waals surface area contributed by atoms with Crippen LogP contribution < -0.4 is 5.32 Å². The Bertz CT molecular complexity index is 847. The summed E-state index contributed by atoms with van der Waals surface area (Å²) in [7, 11) is 0. The zero-order valence-corrected chi connectivity index (χ0v) is 38.3. The van der Waals surface area contributed by atoms with Gasteiger partial charge in [0.2, 0.25) is 5.91 Å². The number of aliphatic hydroxyl groups is 2. The topological polar surface area (TPSA) is 95.9 Å². The summed E-state index contributed by atoms with van der Waals surface area (Å²) in [6.45, 7) is 4.88. The first kappa shape index (κ1) is 55.6. The van der Waals surface area contributed by atoms with E-state index in [1.807, 2.05) is 0 Å². The summed E-state index contributed by atoms with van der Waals surface area (Å²) in [5, 5.41) is 23.2. The first-order valence-electron chi connectivity index (χ1n) is 25.4. The maximum absolute atomic E-state index is 12.4. The minimum Gasteiger partial charge on any atom is -0.466 e. The van der Waals surface area contributed by atoms with Crippen LogP contribution in [0.4, 0.5) is 0 Å². The highest BCUT2D eigenvalue weighted by molar-refractivity contribution is 5.76. The first-order chi connectivity index (χ1) is 28.0. The van der Waals surface area contributed by atoms with E-state index in [9.17, 15) is 19.8 Å². The number of carbonyl (C=O) groups excluding carboxylic acids is 2. The second kappa shape index (κ2) is 47.3. The second-order valence-corrected chi connectivity index (χ2v) is 17.5. The Morgan fingerprint density at radius 3 is 1.25 bits per heavy atom. The summed E-state index contributed by atoms with van der Waals surface area (Å²) in [5.41, 5.74) is 0. The van der Waals surface area contributed by atoms with Crippen LogP contribution >= 0.6 is 0 Å². The highest BCUT2D eigenvalue weighted by Gasteiger charge is 2.20. The highest BCUT2D eigenvalue weighted by Crippen LogP contribution is 2.16. The normalized spacial score (nSPS) is 12.7. The lowest BCUT2D eigenvalue weighted by Crippen LogP contribution is -2.45. The van der Waals surface area contributed by atoms with E-state index in [2.05, 4.69) is 31.3 Å². The highest BCUT2D eigenvalue weighted by atomic mass is 16.5. The average molecular weight is 806 g/mol. The van der Waals surface area contributed by atoms with E-state index in [0.717, 1.165) is 77.0 Å². The van der Waals surface area contributed by atoms with Crippen LogP contribution in [0.3, 0.4) is 0 Å². The van der Waals surface area contributed by atoms with E-state index >= 15 is 0 Å². The standard InChI is InChI=1S/C51H99NO5/c1-3-5-7-9-11-13-15-17-19-20-23-27-31-35-39-43-49(54)48(47-53)52-50(55)44-40-36-32-28-24-22-26-30-34-38-42-46-57-51(56)45-41-37-33-29-25-21-18-16-14-12-10-8-6-4-2/h26,30,48-49,53-54H,3-25,27-29,31-47H2,1-2H3,(H,52,55)/b30-26-. The maximum Gasteiger partial charge on any atom is 0.305 e. The van der Waals surface area contributed by atoms with E-state index in [0.29, 0.717) is 25.9 Å². The number of hydrogen-bond donors (Lipinski definition) is 3. The molecule has 0 radical (unpaired) electrons. The third-order valence-electron chi connectivity index (χ3n) is 11.8. The minimum atomic E-state index is -0.681. The molecule has 0 saturated carbocycles. The molecule has 6 nitrogen and oxygen atoms in total. The molecule has 0 aromatic heterocycles. The van der Waals surface area contributed by atoms with Crippen molar-refractivity contribution in [1.29, 1.82) is 0 Å². The number of aliphatic hydroxyl groups excluding tert-OH is 2. The van der Waals surface area contributed by atoms with Gasteiger partial charge in [-0.1, -0.05) is 225 Å². The van der Waals surface area contributed by atoms with Gasteiger partial charge in [-0.2, -0.15) is 0 Å². The van der Waals surface area contributed by atoms with Gasteiger partial charge in [0.25, 0.3) is 0 Å². The van der Waals surface area contributed by atoms with Gasteiger partial charge in [0, 0.05) is 12.8 Å². The van der Waals surface area contributed by atoms with Gasteiger partial charge in [-0.05, 0) is 51.4 Å². The van der Waals surface area contributed by atoms with Crippen LogP contribution in [0, 0.1) is 0 Å². The van der Waals surface area contributed by atoms with Gasteiger partial charge in [-0.15, -0.1) is 0 Å². The van der Waals surface area contributed by atoms with Gasteiger partial charge in [-0.3, -0.25) is 9.59 Å². The minimum absolute atomic E-state index is 0.0287. The zero-order chi connectivity index (χ0) is 41.5. The number of amides is 1. The monoisotopic (exact) mass is 806 g/mol. The van der Waals surface area contributed by atoms with Gasteiger partial charge in [-0.25, -0.2) is 0 Å². The fourth-order valence-electron chi connectivity index (χ4n) is 7.87. The summed E-state index contributed by atoms with van der Waals surface area (Å²) in [5.74, 6) is -0.0914. The molecule has 0 saturated heterocycles. The smallest absolute Gasteiger partial charge is 0.305 e. The van der Waals surface area contributed by atoms with Crippen LogP contribution in [0.5, 0.6) is 0 Å². The van der Waals surface area contributed by atoms with E-state index in [-0.39, 0.29) is 18.5 Å². The maximum atomic E-state index is 12.4. The number of hydrogen-bond acceptors (Lipinski definition) is 5. The van der Waals surface area contributed by atoms with E-state index in [4.69, 9.17) is 4.74 Å². The van der Waals surface area contributed by atoms with Gasteiger partial charge >= 0.3 is 5.97 Å². The molecule has 2 atom stereocenters. The number of nitrogens with one attached hydrogen (secondary N) is 1. The molecule has 0 heterocycles. The summed E-state index contributed by atoms with van der Waals surface area (Å²) in [4.78, 5) is 24.4. The summed E-state index contributed by atoms with van der Waals surface area (Å²) in [6, 6.07) is -0.561. The van der Waals surface area contributed by atoms with Crippen molar-refractivity contribution >= 4 is 11.9 Å². The fraction of sp³-hybridized carbons (Fsp3) is 0.922. The Kier molecular flexibility index (Phi) is 46.1. The van der Waals surface area contributed by atoms with Crippen molar-refractivity contribution in [1.82, 2.24) is 5.32 Å². The quantitative estimate of drug-likeness (QED) is 0.0323. The Balaban J connectivity index is 3.51. The van der Waals surface area contributed by atoms with Crippen LogP contribution in [0.2, 0.25) is 0 Å². The molecule has 2 unspecified atom stereocenters. The molecule has 57 heavy (non-hydrogen) atoms. The molecule has 3 N–H and O–H groups in total. The molecule has 1 amide bonds. The van der Waals surface area contributed by atoms with Gasteiger partial charge < -0.3 is 20.3 Å². The predicted octanol–water partition coefficient (Wildman–Crippen LogP) is 15.0. The zero-order valence-electron chi connectivity index (χ0n) is 38.3. The SMILES string of the molecule is CCCCCCCCCCCCCCCCCC(O)C(CO)NC(=O)CCCCCCC/C=C\CCCCOC(=O)CCCCCCCCCCCCCCCC. The molecule has 0 aliphatic carbocycles. The van der Waals surface area contributed by atoms with Gasteiger partial charge in [0.1, 0.15) is 0 Å². The first-order valence-corrected chi connectivity index (χ1v) is 25.4. The Morgan fingerprint density at radius 1 is 0.474 bits per heavy atom. The Labute approximate surface area is 355 Å². The third-order valence-corrected chi connectivity index (χ3v) is 11.8. The summed E-state index contributed by atoms with van der Waals surface area (Å²) >= 11 is 0. The number of rotatable bonds is 47. The summed E-state index contributed by atoms with van der Waals surface area (Å²) < 4.78 is 5.43. The second-order valence-electron chi connectivity index (χ2n) is 17.5. The molecule has 0 bridgehead atoms. The van der Waals surface area contributed by atoms with Gasteiger partial charge in [0.15, 0.2) is 0 Å². The Morgan fingerprint density at radius 2 is 0.825 bits per heavy atom. The molecule has 0 aromatic carbocycles. The van der Waals surface area contributed by atoms with Crippen molar-refractivity contribution in [3.63, 3.8) is 0 Å². The lowest BCUT2D eigenvalue weighted by atomic mass is 10.0. The van der Waals surface area contributed by atoms with Crippen molar-refractivity contribution in [2.45, 2.75) is 289 Å². The molecule has 0 spiro atoms. The molecule has 6 heteroatoms. The molecule has 338 valence electrons. The largest absolute Gasteiger partial charge is 0.466 e. The molecule has 0 aliphatic rings. The number of carbonyl (C=O) groups is 2.